The Bertz CT molecular complexity index is 858. The van der Waals surface area contributed by atoms with Gasteiger partial charge in [0.05, 0.1) is 0 Å². The lowest BCUT2D eigenvalue weighted by Crippen LogP contribution is -2.44. The van der Waals surface area contributed by atoms with Gasteiger partial charge in [-0.15, -0.1) is 0 Å². The van der Waals surface area contributed by atoms with Gasteiger partial charge in [-0.25, -0.2) is 0 Å². The molecule has 2 aromatic carbocycles. The Morgan fingerprint density at radius 1 is 0.632 bits per heavy atom. The van der Waals surface area contributed by atoms with E-state index in [2.05, 4.69) is 0 Å². The van der Waals surface area contributed by atoms with E-state index < -0.39 is 23.5 Å². The van der Waals surface area contributed by atoms with E-state index in [1.807, 2.05) is 74.5 Å². The first-order chi connectivity index (χ1) is 18.4. The van der Waals surface area contributed by atoms with Gasteiger partial charge >= 0.3 is 11.9 Å². The van der Waals surface area contributed by atoms with Gasteiger partial charge in [-0.05, 0) is 37.8 Å². The van der Waals surface area contributed by atoms with Crippen molar-refractivity contribution in [2.45, 2.75) is 63.9 Å². The molecule has 2 rings (SSSR count). The zero-order chi connectivity index (χ0) is 27.7. The van der Waals surface area contributed by atoms with E-state index in [-0.39, 0.29) is 26.1 Å². The molecular weight excluding hydrogens is 488 g/mol. The Kier molecular flexibility index (Phi) is 14.0. The minimum atomic E-state index is -1.22. The SMILES string of the molecule is CCOCC(Cc1ccccc1)(OC)OC(=O)CCCCC(=O)OC(COCC)(Cc1ccccc1)OC. The summed E-state index contributed by atoms with van der Waals surface area (Å²) in [6, 6.07) is 19.3. The minimum Gasteiger partial charge on any atom is -0.430 e. The van der Waals surface area contributed by atoms with Crippen molar-refractivity contribution in [3.05, 3.63) is 71.8 Å². The largest absolute Gasteiger partial charge is 0.430 e. The molecule has 2 unspecified atom stereocenters. The molecule has 0 radical (unpaired) electrons. The van der Waals surface area contributed by atoms with Crippen molar-refractivity contribution in [3.63, 3.8) is 0 Å². The second-order valence-corrected chi connectivity index (χ2v) is 8.98. The molecule has 0 saturated heterocycles. The molecule has 0 aliphatic rings. The van der Waals surface area contributed by atoms with Gasteiger partial charge in [0.15, 0.2) is 0 Å². The van der Waals surface area contributed by atoms with Crippen molar-refractivity contribution in [1.29, 1.82) is 0 Å². The highest BCUT2D eigenvalue weighted by atomic mass is 16.7. The zero-order valence-corrected chi connectivity index (χ0v) is 23.1. The lowest BCUT2D eigenvalue weighted by Gasteiger charge is -2.32. The number of unbranched alkanes of at least 4 members (excludes halogenated alkanes) is 1. The van der Waals surface area contributed by atoms with Gasteiger partial charge in [-0.3, -0.25) is 9.59 Å². The van der Waals surface area contributed by atoms with Gasteiger partial charge < -0.3 is 28.4 Å². The second-order valence-electron chi connectivity index (χ2n) is 8.98. The van der Waals surface area contributed by atoms with E-state index in [1.165, 1.54) is 14.2 Å². The Hall–Kier alpha value is -2.78. The minimum absolute atomic E-state index is 0.118. The van der Waals surface area contributed by atoms with Crippen LogP contribution in [0.25, 0.3) is 0 Å². The molecule has 0 fully saturated rings. The van der Waals surface area contributed by atoms with Gasteiger partial charge in [0, 0.05) is 53.1 Å². The number of rotatable bonds is 19. The second kappa shape index (κ2) is 16.9. The number of carbonyl (C=O) groups excluding carboxylic acids is 2. The summed E-state index contributed by atoms with van der Waals surface area (Å²) in [6.07, 6.45) is 1.91. The molecule has 210 valence electrons. The van der Waals surface area contributed by atoms with E-state index in [4.69, 9.17) is 28.4 Å². The molecule has 2 aromatic rings. The summed E-state index contributed by atoms with van der Waals surface area (Å²) in [5, 5.41) is 0. The summed E-state index contributed by atoms with van der Waals surface area (Å²) >= 11 is 0. The average molecular weight is 531 g/mol. The number of carbonyl (C=O) groups is 2. The zero-order valence-electron chi connectivity index (χ0n) is 23.1. The van der Waals surface area contributed by atoms with E-state index in [1.54, 1.807) is 0 Å². The molecule has 0 bridgehead atoms. The maximum Gasteiger partial charge on any atom is 0.308 e. The summed E-state index contributed by atoms with van der Waals surface area (Å²) in [5.41, 5.74) is 1.93. The summed E-state index contributed by atoms with van der Waals surface area (Å²) < 4.78 is 33.9. The molecule has 0 aromatic heterocycles. The molecule has 0 saturated carbocycles. The average Bonchev–Trinajstić information content (AvgIpc) is 2.94. The molecule has 0 heterocycles. The molecule has 38 heavy (non-hydrogen) atoms. The third kappa shape index (κ3) is 10.9. The van der Waals surface area contributed by atoms with E-state index in [0.29, 0.717) is 38.9 Å². The smallest absolute Gasteiger partial charge is 0.308 e. The summed E-state index contributed by atoms with van der Waals surface area (Å²) in [4.78, 5) is 25.4. The number of ether oxygens (including phenoxy) is 6. The molecule has 0 spiro atoms. The first kappa shape index (κ1) is 31.4. The third-order valence-corrected chi connectivity index (χ3v) is 6.04. The van der Waals surface area contributed by atoms with Crippen LogP contribution in [0.1, 0.15) is 50.7 Å². The fraction of sp³-hybridized carbons (Fsp3) is 0.533. The molecule has 2 atom stereocenters. The number of methoxy groups -OCH3 is 2. The van der Waals surface area contributed by atoms with Crippen LogP contribution in [-0.4, -0.2) is 64.2 Å². The Balaban J connectivity index is 1.89. The van der Waals surface area contributed by atoms with Crippen LogP contribution in [0.3, 0.4) is 0 Å². The molecular formula is C30H42O8. The summed E-state index contributed by atoms with van der Waals surface area (Å²) in [5.74, 6) is -3.27. The monoisotopic (exact) mass is 530 g/mol. The van der Waals surface area contributed by atoms with Crippen molar-refractivity contribution < 1.29 is 38.0 Å². The van der Waals surface area contributed by atoms with Crippen LogP contribution in [0.15, 0.2) is 60.7 Å². The van der Waals surface area contributed by atoms with Gasteiger partial charge in [0.2, 0.25) is 11.6 Å². The lowest BCUT2D eigenvalue weighted by molar-refractivity contribution is -0.242. The Morgan fingerprint density at radius 3 is 1.32 bits per heavy atom. The fourth-order valence-corrected chi connectivity index (χ4v) is 3.96. The normalized spacial score (nSPS) is 14.3. The summed E-state index contributed by atoms with van der Waals surface area (Å²) in [7, 11) is 3.01. The maximum atomic E-state index is 12.7. The number of hydrogen-bond donors (Lipinski definition) is 0. The van der Waals surface area contributed by atoms with Gasteiger partial charge in [0.25, 0.3) is 0 Å². The number of esters is 2. The summed E-state index contributed by atoms with van der Waals surface area (Å²) in [6.45, 7) is 4.92. The third-order valence-electron chi connectivity index (χ3n) is 6.04. The van der Waals surface area contributed by atoms with Crippen molar-refractivity contribution in [3.8, 4) is 0 Å². The van der Waals surface area contributed by atoms with Crippen molar-refractivity contribution in [2.24, 2.45) is 0 Å². The molecule has 0 aliphatic heterocycles. The number of hydrogen-bond acceptors (Lipinski definition) is 8. The maximum absolute atomic E-state index is 12.7. The first-order valence-electron chi connectivity index (χ1n) is 13.2. The topological polar surface area (TPSA) is 89.5 Å². The highest BCUT2D eigenvalue weighted by Gasteiger charge is 2.36. The van der Waals surface area contributed by atoms with Crippen molar-refractivity contribution in [2.75, 3.05) is 40.6 Å². The molecule has 0 N–H and O–H groups in total. The van der Waals surface area contributed by atoms with Crippen LogP contribution < -0.4 is 0 Å². The van der Waals surface area contributed by atoms with Crippen LogP contribution in [0, 0.1) is 0 Å². The Morgan fingerprint density at radius 2 is 1.00 bits per heavy atom. The van der Waals surface area contributed by atoms with Crippen LogP contribution in [0.4, 0.5) is 0 Å². The molecule has 0 amide bonds. The predicted molar refractivity (Wildman–Crippen MR) is 143 cm³/mol. The highest BCUT2D eigenvalue weighted by molar-refractivity contribution is 5.71. The Labute approximate surface area is 226 Å². The predicted octanol–water partition coefficient (Wildman–Crippen LogP) is 4.88. The quantitative estimate of drug-likeness (QED) is 0.144. The van der Waals surface area contributed by atoms with E-state index in [0.717, 1.165) is 11.1 Å². The molecule has 8 nitrogen and oxygen atoms in total. The van der Waals surface area contributed by atoms with Gasteiger partial charge in [-0.1, -0.05) is 60.7 Å². The standard InChI is InChI=1S/C30H42O8/c1-5-35-23-29(33-3,21-25-15-9-7-10-16-25)37-27(31)19-13-14-20-28(32)38-30(34-4,24-36-6-2)22-26-17-11-8-12-18-26/h7-12,15-18H,5-6,13-14,19-24H2,1-4H3. The fourth-order valence-electron chi connectivity index (χ4n) is 3.96. The van der Waals surface area contributed by atoms with Crippen LogP contribution >= 0.6 is 0 Å². The number of benzene rings is 2. The van der Waals surface area contributed by atoms with E-state index in [9.17, 15) is 9.59 Å². The van der Waals surface area contributed by atoms with Crippen molar-refractivity contribution in [1.82, 2.24) is 0 Å². The van der Waals surface area contributed by atoms with Crippen molar-refractivity contribution >= 4 is 11.9 Å². The van der Waals surface area contributed by atoms with Crippen LogP contribution in [0.2, 0.25) is 0 Å². The van der Waals surface area contributed by atoms with E-state index >= 15 is 0 Å². The van der Waals surface area contributed by atoms with Gasteiger partial charge in [0.1, 0.15) is 13.2 Å². The van der Waals surface area contributed by atoms with Crippen LogP contribution in [-0.2, 0) is 50.9 Å². The van der Waals surface area contributed by atoms with Gasteiger partial charge in [-0.2, -0.15) is 0 Å². The first-order valence-corrected chi connectivity index (χ1v) is 13.2. The highest BCUT2D eigenvalue weighted by Crippen LogP contribution is 2.23. The van der Waals surface area contributed by atoms with Crippen LogP contribution in [0.5, 0.6) is 0 Å². The molecule has 8 heteroatoms. The lowest BCUT2D eigenvalue weighted by atomic mass is 10.0. The molecule has 0 aliphatic carbocycles.